The van der Waals surface area contributed by atoms with E-state index in [2.05, 4.69) is 25.6 Å². The van der Waals surface area contributed by atoms with Crippen LogP contribution in [0, 0.1) is 11.8 Å². The van der Waals surface area contributed by atoms with Gasteiger partial charge in [0, 0.05) is 11.7 Å². The summed E-state index contributed by atoms with van der Waals surface area (Å²) in [5.41, 5.74) is 0. The summed E-state index contributed by atoms with van der Waals surface area (Å²) in [7, 11) is 0. The number of carboxylic acid groups (broad SMARTS) is 1. The summed E-state index contributed by atoms with van der Waals surface area (Å²) < 4.78 is 6.27. The molecule has 0 saturated carbocycles. The molecule has 0 aromatic carbocycles. The lowest BCUT2D eigenvalue weighted by Crippen LogP contribution is -2.28. The Bertz CT molecular complexity index is 432. The molecule has 2 fully saturated rings. The Morgan fingerprint density at radius 1 is 1.00 bits per heavy atom. The highest BCUT2D eigenvalue weighted by Crippen LogP contribution is 2.47. The Hall–Kier alpha value is 0.130. The van der Waals surface area contributed by atoms with Crippen molar-refractivity contribution in [2.24, 2.45) is 11.8 Å². The molecule has 2 saturated heterocycles. The minimum absolute atomic E-state index is 0.296. The van der Waals surface area contributed by atoms with Crippen molar-refractivity contribution in [3.63, 3.8) is 0 Å². The Morgan fingerprint density at radius 2 is 1.68 bits per heavy atom. The second kappa shape index (κ2) is 14.2. The van der Waals surface area contributed by atoms with Crippen LogP contribution in [0.5, 0.6) is 0 Å². The van der Waals surface area contributed by atoms with Crippen LogP contribution in [0.25, 0.3) is 0 Å². The van der Waals surface area contributed by atoms with Crippen LogP contribution >= 0.6 is 23.5 Å². The van der Waals surface area contributed by atoms with E-state index >= 15 is 0 Å². The maximum absolute atomic E-state index is 10.7. The average Bonchev–Trinajstić information content (AvgIpc) is 3.27. The fourth-order valence-electron chi connectivity index (χ4n) is 4.80. The third-order valence-corrected chi connectivity index (χ3v) is 8.86. The number of hydrogen-bond acceptors (Lipinski definition) is 4. The molecule has 5 heteroatoms. The van der Waals surface area contributed by atoms with Crippen molar-refractivity contribution in [1.82, 2.24) is 0 Å². The van der Waals surface area contributed by atoms with Crippen LogP contribution in [0.4, 0.5) is 0 Å². The molecular weight excluding hydrogens is 388 g/mol. The van der Waals surface area contributed by atoms with Crippen molar-refractivity contribution in [2.45, 2.75) is 108 Å². The van der Waals surface area contributed by atoms with Crippen LogP contribution in [0.15, 0.2) is 0 Å². The van der Waals surface area contributed by atoms with E-state index in [9.17, 15) is 4.79 Å². The van der Waals surface area contributed by atoms with E-state index < -0.39 is 5.97 Å². The molecule has 0 radical (unpaired) electrons. The molecule has 0 aliphatic carbocycles. The molecule has 2 aliphatic heterocycles. The van der Waals surface area contributed by atoms with Gasteiger partial charge < -0.3 is 9.84 Å². The third kappa shape index (κ3) is 8.87. The lowest BCUT2D eigenvalue weighted by atomic mass is 9.75. The van der Waals surface area contributed by atoms with Crippen molar-refractivity contribution in [1.29, 1.82) is 0 Å². The average molecular weight is 431 g/mol. The third-order valence-electron chi connectivity index (χ3n) is 6.43. The molecule has 0 amide bonds. The van der Waals surface area contributed by atoms with E-state index in [0.717, 1.165) is 24.0 Å². The first-order chi connectivity index (χ1) is 13.6. The first-order valence-electron chi connectivity index (χ1n) is 11.7. The number of carboxylic acids is 1. The highest BCUT2D eigenvalue weighted by Gasteiger charge is 2.47. The van der Waals surface area contributed by atoms with Gasteiger partial charge in [0.15, 0.2) is 0 Å². The van der Waals surface area contributed by atoms with E-state index in [-0.39, 0.29) is 0 Å². The van der Waals surface area contributed by atoms with Crippen molar-refractivity contribution in [2.75, 3.05) is 17.3 Å². The van der Waals surface area contributed by atoms with Crippen LogP contribution in [0.3, 0.4) is 0 Å². The molecule has 1 N–H and O–H groups in total. The molecule has 3 nitrogen and oxygen atoms in total. The van der Waals surface area contributed by atoms with Gasteiger partial charge in [-0.3, -0.25) is 4.79 Å². The van der Waals surface area contributed by atoms with E-state index in [1.807, 2.05) is 11.8 Å². The summed E-state index contributed by atoms with van der Waals surface area (Å²) in [6.07, 6.45) is 15.5. The Labute approximate surface area is 181 Å². The van der Waals surface area contributed by atoms with Crippen LogP contribution in [-0.2, 0) is 9.53 Å². The lowest BCUT2D eigenvalue weighted by Gasteiger charge is -2.28. The molecule has 0 aromatic heterocycles. The topological polar surface area (TPSA) is 46.5 Å². The molecule has 0 aromatic rings. The first-order valence-corrected chi connectivity index (χ1v) is 13.9. The number of fused-ring (bicyclic) bond motifs is 2. The highest BCUT2D eigenvalue weighted by atomic mass is 32.2. The second-order valence-electron chi connectivity index (χ2n) is 8.69. The van der Waals surface area contributed by atoms with Crippen molar-refractivity contribution < 1.29 is 14.6 Å². The minimum Gasteiger partial charge on any atom is -0.481 e. The lowest BCUT2D eigenvalue weighted by molar-refractivity contribution is -0.137. The van der Waals surface area contributed by atoms with Crippen molar-refractivity contribution in [3.8, 4) is 0 Å². The van der Waals surface area contributed by atoms with Crippen LogP contribution in [0.2, 0.25) is 0 Å². The number of carbonyl (C=O) groups is 1. The number of ether oxygens (including phenoxy) is 1. The number of aliphatic carboxylic acids is 1. The number of unbranched alkanes of at least 4 members (excludes halogenated alkanes) is 4. The summed E-state index contributed by atoms with van der Waals surface area (Å²) in [6.45, 7) is 4.45. The van der Waals surface area contributed by atoms with Gasteiger partial charge in [-0.25, -0.2) is 0 Å². The van der Waals surface area contributed by atoms with Gasteiger partial charge >= 0.3 is 5.97 Å². The van der Waals surface area contributed by atoms with Gasteiger partial charge in [-0.1, -0.05) is 39.5 Å². The van der Waals surface area contributed by atoms with Gasteiger partial charge in [0.2, 0.25) is 0 Å². The zero-order valence-corrected chi connectivity index (χ0v) is 19.7. The van der Waals surface area contributed by atoms with E-state index in [4.69, 9.17) is 9.84 Å². The van der Waals surface area contributed by atoms with Gasteiger partial charge in [-0.05, 0) is 74.0 Å². The Balaban J connectivity index is 1.57. The fraction of sp³-hybridized carbons (Fsp3) is 0.957. The maximum Gasteiger partial charge on any atom is 0.303 e. The highest BCUT2D eigenvalue weighted by molar-refractivity contribution is 7.99. The second-order valence-corrected chi connectivity index (χ2v) is 11.5. The predicted octanol–water partition coefficient (Wildman–Crippen LogP) is 6.64. The minimum atomic E-state index is -0.673. The largest absolute Gasteiger partial charge is 0.481 e. The number of rotatable bonds is 17. The molecule has 28 heavy (non-hydrogen) atoms. The monoisotopic (exact) mass is 430 g/mol. The van der Waals surface area contributed by atoms with Gasteiger partial charge in [-0.15, -0.1) is 0 Å². The van der Waals surface area contributed by atoms with Crippen molar-refractivity contribution >= 4 is 29.5 Å². The Morgan fingerprint density at radius 3 is 2.36 bits per heavy atom. The zero-order chi connectivity index (χ0) is 20.2. The van der Waals surface area contributed by atoms with Gasteiger partial charge in [-0.2, -0.15) is 23.5 Å². The first kappa shape index (κ1) is 24.4. The van der Waals surface area contributed by atoms with Gasteiger partial charge in [0.1, 0.15) is 0 Å². The number of thioether (sulfide) groups is 2. The quantitative estimate of drug-likeness (QED) is 0.262. The van der Waals surface area contributed by atoms with Crippen LogP contribution < -0.4 is 0 Å². The summed E-state index contributed by atoms with van der Waals surface area (Å²) in [6, 6.07) is 0. The van der Waals surface area contributed by atoms with Crippen LogP contribution in [-0.4, -0.2) is 45.8 Å². The van der Waals surface area contributed by atoms with E-state index in [0.29, 0.717) is 23.9 Å². The van der Waals surface area contributed by atoms with Crippen molar-refractivity contribution in [3.05, 3.63) is 0 Å². The summed E-state index contributed by atoms with van der Waals surface area (Å²) >= 11 is 4.10. The summed E-state index contributed by atoms with van der Waals surface area (Å²) in [4.78, 5) is 10.7. The van der Waals surface area contributed by atoms with E-state index in [1.54, 1.807) is 0 Å². The Kier molecular flexibility index (Phi) is 12.4. The SMILES string of the molecule is CCCCCCSCCCC[C@H]1C2CC[C@H](O2)[C@H]1CCS[C@H](C)CCC(=O)O. The molecule has 0 spiro atoms. The zero-order valence-electron chi connectivity index (χ0n) is 18.1. The number of hydrogen-bond donors (Lipinski definition) is 1. The molecule has 2 bridgehead atoms. The fourth-order valence-corrected chi connectivity index (χ4v) is 6.92. The summed E-state index contributed by atoms with van der Waals surface area (Å²) in [5, 5.41) is 9.27. The standard InChI is InChI=1S/C23H42O3S2/c1-3-4-5-7-15-27-16-8-6-9-19-20(22-12-11-21(19)26-22)14-17-28-18(2)10-13-23(24)25/h18-22H,3-17H2,1-2H3,(H,24,25)/t18-,19-,20+,21?,22+/m1/s1. The van der Waals surface area contributed by atoms with E-state index in [1.165, 1.54) is 75.7 Å². The molecular formula is C23H42O3S2. The molecule has 164 valence electrons. The maximum atomic E-state index is 10.7. The molecule has 1 unspecified atom stereocenters. The smallest absolute Gasteiger partial charge is 0.303 e. The molecule has 2 rings (SSSR count). The normalized spacial score (nSPS) is 27.4. The van der Waals surface area contributed by atoms with Gasteiger partial charge in [0.25, 0.3) is 0 Å². The van der Waals surface area contributed by atoms with Crippen LogP contribution in [0.1, 0.15) is 90.9 Å². The predicted molar refractivity (Wildman–Crippen MR) is 124 cm³/mol. The summed E-state index contributed by atoms with van der Waals surface area (Å²) in [5.74, 6) is 4.69. The molecule has 5 atom stereocenters. The molecule has 2 heterocycles. The van der Waals surface area contributed by atoms with Gasteiger partial charge in [0.05, 0.1) is 12.2 Å². The molecule has 2 aliphatic rings.